The number of anilines is 1. The van der Waals surface area contributed by atoms with Crippen molar-refractivity contribution in [2.45, 2.75) is 20.0 Å². The number of para-hydroxylation sites is 2. The molecule has 0 atom stereocenters. The van der Waals surface area contributed by atoms with Crippen molar-refractivity contribution in [3.63, 3.8) is 0 Å². The van der Waals surface area contributed by atoms with Crippen LogP contribution in [0.15, 0.2) is 42.5 Å². The van der Waals surface area contributed by atoms with Crippen LogP contribution in [0.5, 0.6) is 17.2 Å². The summed E-state index contributed by atoms with van der Waals surface area (Å²) in [4.78, 5) is 12.2. The normalized spacial score (nSPS) is 10.4. The summed E-state index contributed by atoms with van der Waals surface area (Å²) in [6.07, 6.45) is -0.0132. The molecule has 0 aliphatic heterocycles. The summed E-state index contributed by atoms with van der Waals surface area (Å²) in [7, 11) is 0. The number of nitrogens with one attached hydrogen (secondary N) is 1. The van der Waals surface area contributed by atoms with E-state index in [1.165, 1.54) is 18.2 Å². The summed E-state index contributed by atoms with van der Waals surface area (Å²) in [5, 5.41) is 21.4. The molecule has 21 heavy (non-hydrogen) atoms. The number of phenols is 2. The van der Waals surface area contributed by atoms with Gasteiger partial charge in [-0.2, -0.15) is 0 Å². The lowest BCUT2D eigenvalue weighted by Crippen LogP contribution is -2.14. The van der Waals surface area contributed by atoms with Crippen LogP contribution in [0.4, 0.5) is 5.69 Å². The molecule has 0 aromatic heterocycles. The molecule has 1 amide bonds. The quantitative estimate of drug-likeness (QED) is 0.755. The highest BCUT2D eigenvalue weighted by molar-refractivity contribution is 6.05. The standard InChI is InChI=1S/C16H17NO4/c1-10(2)21-15-6-4-3-5-12(15)17-16(20)11-7-8-13(18)14(19)9-11/h3-10,18-19H,1-2H3,(H,17,20). The summed E-state index contributed by atoms with van der Waals surface area (Å²) >= 11 is 0. The maximum Gasteiger partial charge on any atom is 0.255 e. The Morgan fingerprint density at radius 2 is 1.81 bits per heavy atom. The fourth-order valence-corrected chi connectivity index (χ4v) is 1.79. The lowest BCUT2D eigenvalue weighted by Gasteiger charge is -2.14. The van der Waals surface area contributed by atoms with Crippen molar-refractivity contribution in [2.24, 2.45) is 0 Å². The Bertz CT molecular complexity index is 652. The number of benzene rings is 2. The van der Waals surface area contributed by atoms with Crippen LogP contribution in [0.2, 0.25) is 0 Å². The highest BCUT2D eigenvalue weighted by Crippen LogP contribution is 2.28. The van der Waals surface area contributed by atoms with E-state index in [0.717, 1.165) is 0 Å². The molecule has 0 heterocycles. The van der Waals surface area contributed by atoms with Gasteiger partial charge in [-0.25, -0.2) is 0 Å². The Morgan fingerprint density at radius 1 is 1.10 bits per heavy atom. The van der Waals surface area contributed by atoms with Crippen LogP contribution in [0.3, 0.4) is 0 Å². The van der Waals surface area contributed by atoms with E-state index in [2.05, 4.69) is 5.32 Å². The van der Waals surface area contributed by atoms with Crippen molar-refractivity contribution in [2.75, 3.05) is 5.32 Å². The lowest BCUT2D eigenvalue weighted by atomic mass is 10.2. The van der Waals surface area contributed by atoms with Gasteiger partial charge in [0.25, 0.3) is 5.91 Å². The minimum absolute atomic E-state index is 0.0132. The van der Waals surface area contributed by atoms with E-state index in [-0.39, 0.29) is 23.2 Å². The zero-order valence-corrected chi connectivity index (χ0v) is 11.8. The van der Waals surface area contributed by atoms with Crippen molar-refractivity contribution in [3.8, 4) is 17.2 Å². The second-order valence-electron chi connectivity index (χ2n) is 4.82. The van der Waals surface area contributed by atoms with Gasteiger partial charge in [0.15, 0.2) is 11.5 Å². The Labute approximate surface area is 122 Å². The van der Waals surface area contributed by atoms with E-state index in [9.17, 15) is 15.0 Å². The maximum atomic E-state index is 12.2. The fraction of sp³-hybridized carbons (Fsp3) is 0.188. The maximum absolute atomic E-state index is 12.2. The molecule has 110 valence electrons. The molecule has 5 nitrogen and oxygen atoms in total. The number of carbonyl (C=O) groups excluding carboxylic acids is 1. The molecule has 2 aromatic carbocycles. The Balaban J connectivity index is 2.21. The van der Waals surface area contributed by atoms with Gasteiger partial charge < -0.3 is 20.3 Å². The van der Waals surface area contributed by atoms with Crippen molar-refractivity contribution in [3.05, 3.63) is 48.0 Å². The smallest absolute Gasteiger partial charge is 0.255 e. The third-order valence-corrected chi connectivity index (χ3v) is 2.74. The van der Waals surface area contributed by atoms with Gasteiger partial charge in [0.1, 0.15) is 5.75 Å². The molecule has 0 unspecified atom stereocenters. The molecular weight excluding hydrogens is 270 g/mol. The number of amides is 1. The molecule has 0 spiro atoms. The third-order valence-electron chi connectivity index (χ3n) is 2.74. The van der Waals surface area contributed by atoms with E-state index >= 15 is 0 Å². The first-order valence-corrected chi connectivity index (χ1v) is 6.56. The first-order valence-electron chi connectivity index (χ1n) is 6.56. The van der Waals surface area contributed by atoms with E-state index in [4.69, 9.17) is 4.74 Å². The number of phenolic OH excluding ortho intramolecular Hbond substituents is 2. The van der Waals surface area contributed by atoms with Crippen LogP contribution in [-0.4, -0.2) is 22.2 Å². The van der Waals surface area contributed by atoms with Crippen LogP contribution in [-0.2, 0) is 0 Å². The number of aromatic hydroxyl groups is 2. The average molecular weight is 287 g/mol. The van der Waals surface area contributed by atoms with Crippen molar-refractivity contribution < 1.29 is 19.7 Å². The monoisotopic (exact) mass is 287 g/mol. The molecule has 0 saturated carbocycles. The molecule has 0 saturated heterocycles. The highest BCUT2D eigenvalue weighted by atomic mass is 16.5. The SMILES string of the molecule is CC(C)Oc1ccccc1NC(=O)c1ccc(O)c(O)c1. The zero-order chi connectivity index (χ0) is 15.4. The average Bonchev–Trinajstić information content (AvgIpc) is 2.43. The number of hydrogen-bond acceptors (Lipinski definition) is 4. The van der Waals surface area contributed by atoms with Gasteiger partial charge in [-0.15, -0.1) is 0 Å². The van der Waals surface area contributed by atoms with Crippen molar-refractivity contribution in [1.82, 2.24) is 0 Å². The molecule has 0 radical (unpaired) electrons. The molecule has 5 heteroatoms. The number of carbonyl (C=O) groups is 1. The molecule has 2 rings (SSSR count). The molecule has 0 aliphatic carbocycles. The molecule has 0 bridgehead atoms. The van der Waals surface area contributed by atoms with E-state index < -0.39 is 5.91 Å². The largest absolute Gasteiger partial charge is 0.504 e. The van der Waals surface area contributed by atoms with Gasteiger partial charge >= 0.3 is 0 Å². The first-order chi connectivity index (χ1) is 9.97. The molecule has 3 N–H and O–H groups in total. The summed E-state index contributed by atoms with van der Waals surface area (Å²) in [5.41, 5.74) is 0.786. The Hall–Kier alpha value is -2.69. The first kappa shape index (κ1) is 14.7. The molecule has 2 aromatic rings. The highest BCUT2D eigenvalue weighted by Gasteiger charge is 2.12. The van der Waals surface area contributed by atoms with Gasteiger partial charge in [-0.05, 0) is 44.2 Å². The predicted molar refractivity (Wildman–Crippen MR) is 79.9 cm³/mol. The van der Waals surface area contributed by atoms with Gasteiger partial charge in [0.05, 0.1) is 11.8 Å². The number of ether oxygens (including phenoxy) is 1. The molecular formula is C16H17NO4. The fourth-order valence-electron chi connectivity index (χ4n) is 1.79. The second kappa shape index (κ2) is 6.17. The summed E-state index contributed by atoms with van der Waals surface area (Å²) < 4.78 is 5.62. The van der Waals surface area contributed by atoms with Crippen LogP contribution in [0.1, 0.15) is 24.2 Å². The van der Waals surface area contributed by atoms with Gasteiger partial charge in [-0.1, -0.05) is 12.1 Å². The topological polar surface area (TPSA) is 78.8 Å². The molecule has 0 aliphatic rings. The van der Waals surface area contributed by atoms with E-state index in [1.807, 2.05) is 19.9 Å². The molecule has 0 fully saturated rings. The van der Waals surface area contributed by atoms with E-state index in [0.29, 0.717) is 11.4 Å². The van der Waals surface area contributed by atoms with Crippen LogP contribution < -0.4 is 10.1 Å². The van der Waals surface area contributed by atoms with Gasteiger partial charge in [0.2, 0.25) is 0 Å². The summed E-state index contributed by atoms with van der Waals surface area (Å²) in [5.74, 6) is -0.432. The van der Waals surface area contributed by atoms with Gasteiger partial charge in [0, 0.05) is 5.56 Å². The summed E-state index contributed by atoms with van der Waals surface area (Å²) in [6.45, 7) is 3.80. The van der Waals surface area contributed by atoms with Gasteiger partial charge in [-0.3, -0.25) is 4.79 Å². The zero-order valence-electron chi connectivity index (χ0n) is 11.8. The van der Waals surface area contributed by atoms with Crippen LogP contribution >= 0.6 is 0 Å². The van der Waals surface area contributed by atoms with E-state index in [1.54, 1.807) is 18.2 Å². The van der Waals surface area contributed by atoms with Crippen LogP contribution in [0, 0.1) is 0 Å². The van der Waals surface area contributed by atoms with Crippen molar-refractivity contribution >= 4 is 11.6 Å². The minimum atomic E-state index is -0.398. The summed E-state index contributed by atoms with van der Waals surface area (Å²) in [6, 6.07) is 11.0. The predicted octanol–water partition coefficient (Wildman–Crippen LogP) is 3.14. The lowest BCUT2D eigenvalue weighted by molar-refractivity contribution is 0.102. The third kappa shape index (κ3) is 3.66. The minimum Gasteiger partial charge on any atom is -0.504 e. The van der Waals surface area contributed by atoms with Crippen LogP contribution in [0.25, 0.3) is 0 Å². The number of rotatable bonds is 4. The Morgan fingerprint density at radius 3 is 2.48 bits per heavy atom. The van der Waals surface area contributed by atoms with Crippen molar-refractivity contribution in [1.29, 1.82) is 0 Å². The number of hydrogen-bond donors (Lipinski definition) is 3. The second-order valence-corrected chi connectivity index (χ2v) is 4.82. The Kier molecular flexibility index (Phi) is 4.33.